The van der Waals surface area contributed by atoms with Gasteiger partial charge in [-0.1, -0.05) is 6.07 Å². The van der Waals surface area contributed by atoms with Crippen molar-refractivity contribution in [2.45, 2.75) is 13.0 Å². The number of carbonyl (C=O) groups excluding carboxylic acids is 1. The number of carbonyl (C=O) groups is 1. The normalized spacial score (nSPS) is 11.2. The van der Waals surface area contributed by atoms with E-state index in [4.69, 9.17) is 0 Å². The minimum atomic E-state index is -2.90. The van der Waals surface area contributed by atoms with Crippen LogP contribution in [-0.2, 0) is 11.3 Å². The first-order chi connectivity index (χ1) is 11.5. The Balaban J connectivity index is 2.06. The van der Waals surface area contributed by atoms with Gasteiger partial charge in [-0.15, -0.1) is 0 Å². The predicted molar refractivity (Wildman–Crippen MR) is 81.9 cm³/mol. The number of alkyl halides is 2. The number of rotatable bonds is 4. The minimum Gasteiger partial charge on any atom is -0.358 e. The molecule has 0 radical (unpaired) electrons. The summed E-state index contributed by atoms with van der Waals surface area (Å²) in [5.41, 5.74) is 1.43. The lowest BCUT2D eigenvalue weighted by atomic mass is 10.0. The smallest absolute Gasteiger partial charge is 0.266 e. The molecule has 124 valence electrons. The third-order valence-electron chi connectivity index (χ3n) is 3.63. The predicted octanol–water partition coefficient (Wildman–Crippen LogP) is 2.92. The molecule has 0 unspecified atom stereocenters. The van der Waals surface area contributed by atoms with E-state index in [1.165, 1.54) is 30.2 Å². The van der Waals surface area contributed by atoms with Crippen molar-refractivity contribution < 1.29 is 18.0 Å². The maximum atomic E-state index is 13.4. The maximum Gasteiger partial charge on any atom is 0.266 e. The molecule has 8 heteroatoms. The molecule has 0 saturated heterocycles. The van der Waals surface area contributed by atoms with Gasteiger partial charge in [0.25, 0.3) is 6.43 Å². The summed E-state index contributed by atoms with van der Waals surface area (Å²) in [6, 6.07) is 5.19. The van der Waals surface area contributed by atoms with Gasteiger partial charge in [-0.05, 0) is 23.8 Å². The fourth-order valence-corrected chi connectivity index (χ4v) is 2.35. The van der Waals surface area contributed by atoms with Crippen LogP contribution in [0.15, 0.2) is 36.7 Å². The van der Waals surface area contributed by atoms with Crippen LogP contribution in [0.4, 0.5) is 13.2 Å². The number of halogens is 3. The lowest BCUT2D eigenvalue weighted by Gasteiger charge is -2.07. The molecule has 0 aliphatic rings. The third-order valence-corrected chi connectivity index (χ3v) is 3.63. The standard InChI is InChI=1S/C16H13F3N4O/c1-20-15(24)8-23-14-5-10(6-21-13(14)7-22-23)9-2-3-12(17)11(4-9)16(18)19/h2-7,16H,8H2,1H3,(H,20,24). The van der Waals surface area contributed by atoms with Gasteiger partial charge in [-0.25, -0.2) is 13.2 Å². The first kappa shape index (κ1) is 16.0. The van der Waals surface area contributed by atoms with Gasteiger partial charge in [-0.3, -0.25) is 14.5 Å². The summed E-state index contributed by atoms with van der Waals surface area (Å²) in [6.45, 7) is 0.0107. The molecule has 5 nitrogen and oxygen atoms in total. The molecule has 3 aromatic rings. The molecule has 3 rings (SSSR count). The first-order valence-corrected chi connectivity index (χ1v) is 7.09. The van der Waals surface area contributed by atoms with Crippen molar-refractivity contribution in [3.63, 3.8) is 0 Å². The maximum absolute atomic E-state index is 13.4. The highest BCUT2D eigenvalue weighted by atomic mass is 19.3. The highest BCUT2D eigenvalue weighted by Crippen LogP contribution is 2.29. The SMILES string of the molecule is CNC(=O)Cn1ncc2ncc(-c3ccc(F)c(C(F)F)c3)cc21. The van der Waals surface area contributed by atoms with Crippen LogP contribution in [0, 0.1) is 5.82 Å². The Labute approximate surface area is 135 Å². The number of nitrogens with zero attached hydrogens (tertiary/aromatic N) is 3. The Bertz CT molecular complexity index is 907. The van der Waals surface area contributed by atoms with Gasteiger partial charge in [0.05, 0.1) is 17.3 Å². The summed E-state index contributed by atoms with van der Waals surface area (Å²) < 4.78 is 40.6. The second-order valence-corrected chi connectivity index (χ2v) is 5.14. The van der Waals surface area contributed by atoms with Crippen LogP contribution in [0.5, 0.6) is 0 Å². The van der Waals surface area contributed by atoms with Gasteiger partial charge in [0.1, 0.15) is 17.9 Å². The van der Waals surface area contributed by atoms with E-state index in [1.807, 2.05) is 0 Å². The van der Waals surface area contributed by atoms with Gasteiger partial charge in [-0.2, -0.15) is 5.10 Å². The molecule has 0 aliphatic carbocycles. The quantitative estimate of drug-likeness (QED) is 0.798. The lowest BCUT2D eigenvalue weighted by molar-refractivity contribution is -0.121. The van der Waals surface area contributed by atoms with E-state index in [0.717, 1.165) is 12.1 Å². The summed E-state index contributed by atoms with van der Waals surface area (Å²) in [5.74, 6) is -1.18. The summed E-state index contributed by atoms with van der Waals surface area (Å²) >= 11 is 0. The summed E-state index contributed by atoms with van der Waals surface area (Å²) in [6.07, 6.45) is 0.106. The molecule has 2 aromatic heterocycles. The van der Waals surface area contributed by atoms with E-state index in [0.29, 0.717) is 22.2 Å². The van der Waals surface area contributed by atoms with Crippen LogP contribution in [0.2, 0.25) is 0 Å². The molecule has 0 atom stereocenters. The fraction of sp³-hybridized carbons (Fsp3) is 0.188. The van der Waals surface area contributed by atoms with Gasteiger partial charge in [0.15, 0.2) is 0 Å². The highest BCUT2D eigenvalue weighted by Gasteiger charge is 2.15. The van der Waals surface area contributed by atoms with E-state index in [9.17, 15) is 18.0 Å². The van der Waals surface area contributed by atoms with Gasteiger partial charge in [0, 0.05) is 18.8 Å². The van der Waals surface area contributed by atoms with Crippen molar-refractivity contribution in [3.8, 4) is 11.1 Å². The van der Waals surface area contributed by atoms with Crippen LogP contribution in [0.3, 0.4) is 0 Å². The minimum absolute atomic E-state index is 0.0107. The van der Waals surface area contributed by atoms with E-state index in [2.05, 4.69) is 15.4 Å². The average Bonchev–Trinajstić information content (AvgIpc) is 2.97. The van der Waals surface area contributed by atoms with Gasteiger partial charge < -0.3 is 5.32 Å². The molecule has 1 amide bonds. The number of hydrogen-bond acceptors (Lipinski definition) is 3. The molecule has 0 saturated carbocycles. The van der Waals surface area contributed by atoms with Crippen molar-refractivity contribution in [1.29, 1.82) is 0 Å². The van der Waals surface area contributed by atoms with Gasteiger partial charge in [0.2, 0.25) is 5.91 Å². The summed E-state index contributed by atoms with van der Waals surface area (Å²) in [4.78, 5) is 15.7. The Kier molecular flexibility index (Phi) is 4.20. The van der Waals surface area contributed by atoms with E-state index in [-0.39, 0.29) is 12.5 Å². The van der Waals surface area contributed by atoms with E-state index < -0.39 is 17.8 Å². The molecular formula is C16H13F3N4O. The van der Waals surface area contributed by atoms with Gasteiger partial charge >= 0.3 is 0 Å². The van der Waals surface area contributed by atoms with Crippen LogP contribution < -0.4 is 5.32 Å². The van der Waals surface area contributed by atoms with Crippen molar-refractivity contribution >= 4 is 16.9 Å². The zero-order chi connectivity index (χ0) is 17.3. The molecule has 2 heterocycles. The number of nitrogens with one attached hydrogen (secondary N) is 1. The largest absolute Gasteiger partial charge is 0.358 e. The first-order valence-electron chi connectivity index (χ1n) is 7.09. The van der Waals surface area contributed by atoms with Crippen molar-refractivity contribution in [3.05, 3.63) is 48.0 Å². The van der Waals surface area contributed by atoms with E-state index >= 15 is 0 Å². The number of likely N-dealkylation sites (N-methyl/N-ethyl adjacent to an activating group) is 1. The average molecular weight is 334 g/mol. The Morgan fingerprint density at radius 3 is 2.75 bits per heavy atom. The Morgan fingerprint density at radius 2 is 2.04 bits per heavy atom. The Hall–Kier alpha value is -2.90. The molecule has 0 bridgehead atoms. The van der Waals surface area contributed by atoms with Crippen LogP contribution >= 0.6 is 0 Å². The number of pyridine rings is 1. The van der Waals surface area contributed by atoms with Crippen molar-refractivity contribution in [2.75, 3.05) is 7.05 Å². The molecule has 0 aliphatic heterocycles. The molecule has 24 heavy (non-hydrogen) atoms. The van der Waals surface area contributed by atoms with E-state index in [1.54, 1.807) is 6.07 Å². The Morgan fingerprint density at radius 1 is 1.25 bits per heavy atom. The third kappa shape index (κ3) is 2.94. The molecule has 0 fully saturated rings. The number of aromatic nitrogens is 3. The van der Waals surface area contributed by atoms with Crippen LogP contribution in [-0.4, -0.2) is 27.7 Å². The number of fused-ring (bicyclic) bond motifs is 1. The zero-order valence-corrected chi connectivity index (χ0v) is 12.6. The monoisotopic (exact) mass is 334 g/mol. The lowest BCUT2D eigenvalue weighted by Crippen LogP contribution is -2.23. The van der Waals surface area contributed by atoms with Crippen LogP contribution in [0.25, 0.3) is 22.2 Å². The second kappa shape index (κ2) is 6.31. The fourth-order valence-electron chi connectivity index (χ4n) is 2.35. The van der Waals surface area contributed by atoms with Crippen LogP contribution in [0.1, 0.15) is 12.0 Å². The van der Waals surface area contributed by atoms with Crippen molar-refractivity contribution in [1.82, 2.24) is 20.1 Å². The molecular weight excluding hydrogens is 321 g/mol. The molecule has 1 N–H and O–H groups in total. The molecule has 1 aromatic carbocycles. The number of amides is 1. The number of hydrogen-bond donors (Lipinski definition) is 1. The molecule has 0 spiro atoms. The zero-order valence-electron chi connectivity index (χ0n) is 12.6. The summed E-state index contributed by atoms with van der Waals surface area (Å²) in [7, 11) is 1.52. The topological polar surface area (TPSA) is 59.8 Å². The summed E-state index contributed by atoms with van der Waals surface area (Å²) in [5, 5.41) is 6.59. The van der Waals surface area contributed by atoms with Crippen molar-refractivity contribution in [2.24, 2.45) is 0 Å². The highest BCUT2D eigenvalue weighted by molar-refractivity contribution is 5.83. The second-order valence-electron chi connectivity index (χ2n) is 5.14. The number of benzene rings is 1.